The Balaban J connectivity index is 1.52. The lowest BCUT2D eigenvalue weighted by Gasteiger charge is -2.27. The SMILES string of the molecule is CC1(C)C(=O)N(c2ccc(C3(C(F)(F)F)CC3)cc2)C(=O)N1Cc1ccnc(NCCS(C)(=O)=O)c1. The molecule has 1 aliphatic carbocycles. The molecule has 1 saturated carbocycles. The van der Waals surface area contributed by atoms with Crippen LogP contribution in [0.15, 0.2) is 42.6 Å². The normalized spacial score (nSPS) is 19.1. The van der Waals surface area contributed by atoms with Crippen LogP contribution in [0.4, 0.5) is 29.5 Å². The van der Waals surface area contributed by atoms with Gasteiger partial charge in [-0.15, -0.1) is 0 Å². The summed E-state index contributed by atoms with van der Waals surface area (Å²) in [7, 11) is -3.14. The van der Waals surface area contributed by atoms with Gasteiger partial charge in [-0.1, -0.05) is 12.1 Å². The third-order valence-electron chi connectivity index (χ3n) is 6.74. The van der Waals surface area contributed by atoms with Crippen molar-refractivity contribution in [3.63, 3.8) is 0 Å². The van der Waals surface area contributed by atoms with E-state index in [4.69, 9.17) is 0 Å². The molecule has 0 radical (unpaired) electrons. The molecule has 1 N–H and O–H groups in total. The van der Waals surface area contributed by atoms with E-state index < -0.39 is 38.9 Å². The van der Waals surface area contributed by atoms with Crippen molar-refractivity contribution in [2.45, 2.75) is 50.4 Å². The van der Waals surface area contributed by atoms with Gasteiger partial charge < -0.3 is 10.2 Å². The fourth-order valence-corrected chi connectivity index (χ4v) is 4.81. The summed E-state index contributed by atoms with van der Waals surface area (Å²) in [5, 5.41) is 2.92. The molecule has 2 aliphatic rings. The third kappa shape index (κ3) is 4.78. The Bertz CT molecular complexity index is 1290. The van der Waals surface area contributed by atoms with Crippen molar-refractivity contribution in [2.24, 2.45) is 0 Å². The molecule has 2 aromatic rings. The van der Waals surface area contributed by atoms with E-state index in [2.05, 4.69) is 10.3 Å². The molecule has 3 amide bonds. The molecular weight excluding hydrogens is 497 g/mol. The van der Waals surface area contributed by atoms with Crippen LogP contribution in [-0.2, 0) is 26.6 Å². The van der Waals surface area contributed by atoms with Gasteiger partial charge in [-0.3, -0.25) is 4.79 Å². The Kier molecular flexibility index (Phi) is 6.30. The van der Waals surface area contributed by atoms with E-state index >= 15 is 0 Å². The second-order valence-electron chi connectivity index (χ2n) is 9.80. The number of pyridine rings is 1. The first-order chi connectivity index (χ1) is 16.7. The molecule has 4 rings (SSSR count). The number of halogens is 3. The third-order valence-corrected chi connectivity index (χ3v) is 7.68. The zero-order valence-corrected chi connectivity index (χ0v) is 20.9. The number of hydrogen-bond acceptors (Lipinski definition) is 6. The zero-order valence-electron chi connectivity index (χ0n) is 20.1. The van der Waals surface area contributed by atoms with E-state index in [1.165, 1.54) is 35.4 Å². The first kappa shape index (κ1) is 25.9. The van der Waals surface area contributed by atoms with Gasteiger partial charge in [-0.2, -0.15) is 13.2 Å². The number of anilines is 2. The highest BCUT2D eigenvalue weighted by Gasteiger charge is 2.64. The molecular formula is C24H27F3N4O4S. The number of nitrogens with zero attached hydrogens (tertiary/aromatic N) is 3. The fourth-order valence-electron chi connectivity index (χ4n) is 4.34. The van der Waals surface area contributed by atoms with Crippen LogP contribution in [0, 0.1) is 0 Å². The molecule has 0 spiro atoms. The molecule has 12 heteroatoms. The maximum absolute atomic E-state index is 13.5. The molecule has 8 nitrogen and oxygen atoms in total. The highest BCUT2D eigenvalue weighted by atomic mass is 32.2. The van der Waals surface area contributed by atoms with Gasteiger partial charge in [0.25, 0.3) is 5.91 Å². The number of hydrogen-bond donors (Lipinski definition) is 1. The van der Waals surface area contributed by atoms with Crippen molar-refractivity contribution in [3.05, 3.63) is 53.7 Å². The summed E-state index contributed by atoms with van der Waals surface area (Å²) in [4.78, 5) is 33.0. The molecule has 1 aromatic carbocycles. The minimum atomic E-state index is -4.35. The van der Waals surface area contributed by atoms with Crippen LogP contribution < -0.4 is 10.2 Å². The summed E-state index contributed by atoms with van der Waals surface area (Å²) in [6.07, 6.45) is -1.66. The van der Waals surface area contributed by atoms with Gasteiger partial charge >= 0.3 is 12.2 Å². The van der Waals surface area contributed by atoms with E-state index in [0.29, 0.717) is 11.4 Å². The lowest BCUT2D eigenvalue weighted by molar-refractivity contribution is -0.160. The Hall–Kier alpha value is -3.15. The lowest BCUT2D eigenvalue weighted by Crippen LogP contribution is -2.43. The molecule has 36 heavy (non-hydrogen) atoms. The molecule has 194 valence electrons. The largest absolute Gasteiger partial charge is 0.398 e. The topological polar surface area (TPSA) is 99.7 Å². The standard InChI is InChI=1S/C24H27F3N4O4S/c1-22(2)20(32)31(18-6-4-17(5-7-18)23(9-10-23)24(25,26)27)21(33)30(22)15-16-8-11-28-19(14-16)29-12-13-36(3,34)35/h4-8,11,14H,9-10,12-13,15H2,1-3H3,(H,28,29). The lowest BCUT2D eigenvalue weighted by atomic mass is 9.95. The maximum atomic E-state index is 13.5. The number of benzene rings is 1. The minimum absolute atomic E-state index is 0.0231. The van der Waals surface area contributed by atoms with Crippen LogP contribution >= 0.6 is 0 Å². The van der Waals surface area contributed by atoms with E-state index in [-0.39, 0.29) is 42.9 Å². The van der Waals surface area contributed by atoms with Crippen molar-refractivity contribution in [1.82, 2.24) is 9.88 Å². The highest BCUT2D eigenvalue weighted by molar-refractivity contribution is 7.90. The monoisotopic (exact) mass is 524 g/mol. The smallest absolute Gasteiger partial charge is 0.369 e. The Morgan fingerprint density at radius 3 is 2.28 bits per heavy atom. The number of imide groups is 1. The van der Waals surface area contributed by atoms with Gasteiger partial charge in [0.15, 0.2) is 0 Å². The average molecular weight is 525 g/mol. The molecule has 0 unspecified atom stereocenters. The van der Waals surface area contributed by atoms with Gasteiger partial charge in [-0.05, 0) is 62.1 Å². The molecule has 1 saturated heterocycles. The molecule has 0 bridgehead atoms. The highest BCUT2D eigenvalue weighted by Crippen LogP contribution is 2.59. The van der Waals surface area contributed by atoms with Crippen molar-refractivity contribution in [1.29, 1.82) is 0 Å². The Labute approximate surface area is 207 Å². The van der Waals surface area contributed by atoms with Crippen LogP contribution in [-0.4, -0.2) is 60.5 Å². The summed E-state index contributed by atoms with van der Waals surface area (Å²) < 4.78 is 63.0. The van der Waals surface area contributed by atoms with Crippen LogP contribution in [0.1, 0.15) is 37.8 Å². The first-order valence-corrected chi connectivity index (χ1v) is 13.4. The molecule has 2 fully saturated rings. The van der Waals surface area contributed by atoms with Crippen molar-refractivity contribution < 1.29 is 31.2 Å². The number of nitrogens with one attached hydrogen (secondary N) is 1. The van der Waals surface area contributed by atoms with Gasteiger partial charge in [0, 0.05) is 25.5 Å². The number of urea groups is 1. The average Bonchev–Trinajstić information content (AvgIpc) is 3.57. The first-order valence-electron chi connectivity index (χ1n) is 11.4. The summed E-state index contributed by atoms with van der Waals surface area (Å²) in [5.74, 6) is -0.126. The maximum Gasteiger partial charge on any atom is 0.398 e. The molecule has 2 heterocycles. The molecule has 1 aliphatic heterocycles. The van der Waals surface area contributed by atoms with Gasteiger partial charge in [0.1, 0.15) is 21.2 Å². The predicted molar refractivity (Wildman–Crippen MR) is 128 cm³/mol. The van der Waals surface area contributed by atoms with Crippen molar-refractivity contribution in [2.75, 3.05) is 28.8 Å². The van der Waals surface area contributed by atoms with E-state index in [1.807, 2.05) is 0 Å². The number of sulfone groups is 1. The number of carbonyl (C=O) groups excluding carboxylic acids is 2. The van der Waals surface area contributed by atoms with Crippen LogP contribution in [0.3, 0.4) is 0 Å². The Morgan fingerprint density at radius 1 is 1.08 bits per heavy atom. The summed E-state index contributed by atoms with van der Waals surface area (Å²) in [5.41, 5.74) is -2.04. The van der Waals surface area contributed by atoms with E-state index in [9.17, 15) is 31.2 Å². The second-order valence-corrected chi connectivity index (χ2v) is 12.1. The zero-order chi connectivity index (χ0) is 26.5. The summed E-state index contributed by atoms with van der Waals surface area (Å²) in [6, 6.07) is 8.20. The minimum Gasteiger partial charge on any atom is -0.369 e. The van der Waals surface area contributed by atoms with Crippen molar-refractivity contribution in [3.8, 4) is 0 Å². The summed E-state index contributed by atoms with van der Waals surface area (Å²) in [6.45, 7) is 3.46. The quantitative estimate of drug-likeness (QED) is 0.527. The predicted octanol–water partition coefficient (Wildman–Crippen LogP) is 3.88. The van der Waals surface area contributed by atoms with Gasteiger partial charge in [-0.25, -0.2) is 23.1 Å². The van der Waals surface area contributed by atoms with Crippen molar-refractivity contribution >= 4 is 33.3 Å². The number of carbonyl (C=O) groups is 2. The number of rotatable bonds is 8. The fraction of sp³-hybridized carbons (Fsp3) is 0.458. The van der Waals surface area contributed by atoms with Crippen LogP contribution in [0.2, 0.25) is 0 Å². The van der Waals surface area contributed by atoms with Crippen LogP contribution in [0.5, 0.6) is 0 Å². The van der Waals surface area contributed by atoms with E-state index in [0.717, 1.165) is 11.2 Å². The summed E-state index contributed by atoms with van der Waals surface area (Å²) >= 11 is 0. The number of amides is 3. The van der Waals surface area contributed by atoms with E-state index in [1.54, 1.807) is 26.0 Å². The van der Waals surface area contributed by atoms with Gasteiger partial charge in [0.2, 0.25) is 0 Å². The Morgan fingerprint density at radius 2 is 1.72 bits per heavy atom. The van der Waals surface area contributed by atoms with Gasteiger partial charge in [0.05, 0.1) is 16.9 Å². The molecule has 1 aromatic heterocycles. The number of alkyl halides is 3. The second kappa shape index (κ2) is 8.75. The van der Waals surface area contributed by atoms with Crippen LogP contribution in [0.25, 0.3) is 0 Å². The molecule has 0 atom stereocenters. The number of aromatic nitrogens is 1.